The van der Waals surface area contributed by atoms with E-state index in [1.807, 2.05) is 53.8 Å². The van der Waals surface area contributed by atoms with Crippen LogP contribution < -0.4 is 4.74 Å². The molecule has 3 heterocycles. The van der Waals surface area contributed by atoms with E-state index in [1.54, 1.807) is 0 Å². The Morgan fingerprint density at radius 1 is 0.407 bits per heavy atom. The van der Waals surface area contributed by atoms with Crippen molar-refractivity contribution in [3.05, 3.63) is 194 Å². The Labute approximate surface area is 348 Å². The Morgan fingerprint density at radius 2 is 0.932 bits per heavy atom. The molecule has 0 saturated carbocycles. The third-order valence-corrected chi connectivity index (χ3v) is 12.3. The summed E-state index contributed by atoms with van der Waals surface area (Å²) in [4.78, 5) is 15.4. The molecule has 4 nitrogen and oxygen atoms in total. The molecule has 7 heteroatoms. The summed E-state index contributed by atoms with van der Waals surface area (Å²) >= 11 is 1.83. The van der Waals surface area contributed by atoms with Gasteiger partial charge < -0.3 is 4.74 Å². The molecule has 10 aromatic rings. The Balaban J connectivity index is 1.02. The molecule has 2 aromatic heterocycles. The van der Waals surface area contributed by atoms with Gasteiger partial charge in [-0.3, -0.25) is 0 Å². The second kappa shape index (κ2) is 14.1. The minimum absolute atomic E-state index is 0.584. The Hall–Kier alpha value is -7.08. The van der Waals surface area contributed by atoms with E-state index >= 15 is 0 Å². The molecule has 59 heavy (non-hydrogen) atoms. The van der Waals surface area contributed by atoms with Crippen molar-refractivity contribution in [2.45, 2.75) is 5.40 Å². The number of aromatic nitrogens is 3. The first-order chi connectivity index (χ1) is 29.0. The molecule has 4 radical (unpaired) electrons. The number of hydrogen-bond acceptors (Lipinski definition) is 5. The lowest BCUT2D eigenvalue weighted by atomic mass is 9.58. The van der Waals surface area contributed by atoms with Crippen LogP contribution in [0, 0.1) is 0 Å². The van der Waals surface area contributed by atoms with Crippen molar-refractivity contribution in [3.63, 3.8) is 0 Å². The summed E-state index contributed by atoms with van der Waals surface area (Å²) in [5.74, 6) is 2.43. The molecule has 0 N–H and O–H groups in total. The molecule has 8 aromatic carbocycles. The molecule has 0 bridgehead atoms. The normalized spacial score (nSPS) is 12.8. The number of thiophene rings is 1. The van der Waals surface area contributed by atoms with Gasteiger partial charge in [0.2, 0.25) is 0 Å². The smallest absolute Gasteiger partial charge is 0.164 e. The third-order valence-electron chi connectivity index (χ3n) is 11.1. The summed E-state index contributed by atoms with van der Waals surface area (Å²) in [6.45, 7) is 0. The second-order valence-electron chi connectivity index (χ2n) is 14.8. The summed E-state index contributed by atoms with van der Waals surface area (Å²) < 4.78 is 8.69. The van der Waals surface area contributed by atoms with Crippen molar-refractivity contribution in [1.82, 2.24) is 15.0 Å². The van der Waals surface area contributed by atoms with Crippen LogP contribution in [-0.4, -0.2) is 30.6 Å². The van der Waals surface area contributed by atoms with E-state index < -0.39 is 5.40 Å². The lowest BCUT2D eigenvalue weighted by molar-refractivity contribution is 0.241. The number of ether oxygens (including phenoxy) is 1. The zero-order chi connectivity index (χ0) is 39.5. The second-order valence-corrected chi connectivity index (χ2v) is 15.9. The maximum absolute atomic E-state index is 6.43. The van der Waals surface area contributed by atoms with Crippen LogP contribution in [-0.2, 0) is 5.40 Å². The highest BCUT2D eigenvalue weighted by molar-refractivity contribution is 7.26. The van der Waals surface area contributed by atoms with Gasteiger partial charge in [-0.2, -0.15) is 0 Å². The Morgan fingerprint density at radius 3 is 1.71 bits per heavy atom. The van der Waals surface area contributed by atoms with Gasteiger partial charge in [0.15, 0.2) is 17.5 Å². The highest BCUT2D eigenvalue weighted by Crippen LogP contribution is 2.48. The molecule has 1 aliphatic heterocycles. The zero-order valence-electron chi connectivity index (χ0n) is 31.7. The summed E-state index contributed by atoms with van der Waals surface area (Å²) in [7, 11) is 12.9. The van der Waals surface area contributed by atoms with Crippen LogP contribution in [0.5, 0.6) is 5.75 Å². The molecule has 0 atom stereocenters. The highest BCUT2D eigenvalue weighted by atomic mass is 32.1. The summed E-state index contributed by atoms with van der Waals surface area (Å²) in [6.07, 6.45) is 0. The van der Waals surface area contributed by atoms with Gasteiger partial charge in [0.25, 0.3) is 0 Å². The van der Waals surface area contributed by atoms with Gasteiger partial charge in [0.1, 0.15) is 21.4 Å². The Kier molecular flexibility index (Phi) is 8.38. The fourth-order valence-electron chi connectivity index (χ4n) is 8.22. The van der Waals surface area contributed by atoms with E-state index in [0.717, 1.165) is 61.2 Å². The Bertz CT molecular complexity index is 3220. The summed E-state index contributed by atoms with van der Waals surface area (Å²) in [6, 6.07) is 64.7. The van der Waals surface area contributed by atoms with Crippen LogP contribution in [0.2, 0.25) is 0 Å². The SMILES string of the molecule is [B]C1([B])Oc2cccc(-c3ccc(-c4nc(-c5ccc(-c6ccccc6)cc5)nc(-c5cccc(-c6cccc7c6sc6ccccc67)c5)n4)cc3)c2-c2ccccc21. The molecular formula is C52H31B2N3OS. The van der Waals surface area contributed by atoms with Gasteiger partial charge in [-0.25, -0.2) is 15.0 Å². The average molecular weight is 768 g/mol. The number of fused-ring (bicyclic) bond motifs is 6. The van der Waals surface area contributed by atoms with Gasteiger partial charge in [0.05, 0.1) is 5.40 Å². The van der Waals surface area contributed by atoms with Gasteiger partial charge in [-0.05, 0) is 62.7 Å². The number of benzene rings is 8. The number of nitrogens with zero attached hydrogens (tertiary/aromatic N) is 3. The predicted molar refractivity (Wildman–Crippen MR) is 245 cm³/mol. The van der Waals surface area contributed by atoms with Crippen LogP contribution in [0.15, 0.2) is 188 Å². The molecule has 0 aliphatic carbocycles. The van der Waals surface area contributed by atoms with E-state index in [9.17, 15) is 0 Å². The molecule has 0 fully saturated rings. The zero-order valence-corrected chi connectivity index (χ0v) is 32.5. The average Bonchev–Trinajstić information content (AvgIpc) is 3.68. The van der Waals surface area contributed by atoms with Crippen molar-refractivity contribution < 1.29 is 4.74 Å². The molecule has 1 aliphatic rings. The topological polar surface area (TPSA) is 47.9 Å². The predicted octanol–water partition coefficient (Wildman–Crippen LogP) is 12.7. The van der Waals surface area contributed by atoms with Crippen molar-refractivity contribution in [1.29, 1.82) is 0 Å². The first-order valence-electron chi connectivity index (χ1n) is 19.5. The van der Waals surface area contributed by atoms with Gasteiger partial charge >= 0.3 is 0 Å². The molecular weight excluding hydrogens is 736 g/mol. The molecule has 11 rings (SSSR count). The van der Waals surface area contributed by atoms with E-state index in [2.05, 4.69) is 146 Å². The van der Waals surface area contributed by atoms with Crippen LogP contribution in [0.4, 0.5) is 0 Å². The minimum Gasteiger partial charge on any atom is -0.502 e. The van der Waals surface area contributed by atoms with Crippen LogP contribution >= 0.6 is 11.3 Å². The summed E-state index contributed by atoms with van der Waals surface area (Å²) in [5, 5.41) is 1.12. The van der Waals surface area contributed by atoms with Gasteiger partial charge in [-0.15, -0.1) is 11.3 Å². The molecule has 0 unspecified atom stereocenters. The fourth-order valence-corrected chi connectivity index (χ4v) is 9.46. The maximum Gasteiger partial charge on any atom is 0.164 e. The maximum atomic E-state index is 6.43. The highest BCUT2D eigenvalue weighted by Gasteiger charge is 2.32. The summed E-state index contributed by atoms with van der Waals surface area (Å²) in [5.41, 5.74) is 11.9. The first-order valence-corrected chi connectivity index (χ1v) is 20.3. The molecule has 272 valence electrons. The fraction of sp³-hybridized carbons (Fsp3) is 0.0192. The largest absolute Gasteiger partial charge is 0.502 e. The van der Waals surface area contributed by atoms with Crippen molar-refractivity contribution in [2.75, 3.05) is 0 Å². The molecule has 0 amide bonds. The van der Waals surface area contributed by atoms with Crippen LogP contribution in [0.25, 0.3) is 98.8 Å². The lowest BCUT2D eigenvalue weighted by Gasteiger charge is -2.37. The van der Waals surface area contributed by atoms with E-state index in [0.29, 0.717) is 23.2 Å². The number of rotatable bonds is 6. The third kappa shape index (κ3) is 6.22. The molecule has 0 spiro atoms. The minimum atomic E-state index is -1.42. The molecule has 0 saturated heterocycles. The van der Waals surface area contributed by atoms with E-state index in [4.69, 9.17) is 35.4 Å². The van der Waals surface area contributed by atoms with Crippen molar-refractivity contribution >= 4 is 47.2 Å². The monoisotopic (exact) mass is 767 g/mol. The van der Waals surface area contributed by atoms with Gasteiger partial charge in [0, 0.05) is 42.4 Å². The number of hydrogen-bond donors (Lipinski definition) is 0. The van der Waals surface area contributed by atoms with Crippen LogP contribution in [0.1, 0.15) is 5.56 Å². The first kappa shape index (κ1) is 35.1. The van der Waals surface area contributed by atoms with Crippen molar-refractivity contribution in [2.24, 2.45) is 0 Å². The van der Waals surface area contributed by atoms with Gasteiger partial charge in [-0.1, -0.05) is 170 Å². The standard InChI is InChI=1S/C52H31B2N3OS/c53-52(54)44-20-6-4-16-43(44)47-39(17-10-21-45(47)58-52)34-25-29-36(30-26-34)50-55-49(35-27-23-33(24-28-35)32-11-2-1-3-12-32)56-51(57-50)38-14-8-13-37(31-38)40-18-9-19-42-41-15-5-7-22-46(41)59-48(40)42/h1-31H. The van der Waals surface area contributed by atoms with E-state index in [1.165, 1.54) is 25.7 Å². The lowest BCUT2D eigenvalue weighted by Crippen LogP contribution is -2.37. The van der Waals surface area contributed by atoms with E-state index in [-0.39, 0.29) is 0 Å². The quantitative estimate of drug-likeness (QED) is 0.158. The van der Waals surface area contributed by atoms with Crippen LogP contribution in [0.3, 0.4) is 0 Å². The van der Waals surface area contributed by atoms with Crippen molar-refractivity contribution in [3.8, 4) is 84.4 Å².